The number of aryl methyl sites for hydroxylation is 1. The van der Waals surface area contributed by atoms with Gasteiger partial charge in [0, 0.05) is 24.3 Å². The first-order valence-corrected chi connectivity index (χ1v) is 15.8. The van der Waals surface area contributed by atoms with Gasteiger partial charge in [-0.15, -0.1) is 10.2 Å². The number of nitrogens with one attached hydrogen (secondary N) is 1. The number of aliphatic hydroxyl groups excluding tert-OH is 1. The summed E-state index contributed by atoms with van der Waals surface area (Å²) in [6.07, 6.45) is -0.175. The van der Waals surface area contributed by atoms with Crippen molar-refractivity contribution in [2.45, 2.75) is 54.2 Å². The van der Waals surface area contributed by atoms with Crippen molar-refractivity contribution < 1.29 is 23.0 Å². The van der Waals surface area contributed by atoms with Gasteiger partial charge in [0.15, 0.2) is 10.6 Å². The fourth-order valence-electron chi connectivity index (χ4n) is 4.18. The molecule has 1 aliphatic heterocycles. The Morgan fingerprint density at radius 1 is 0.949 bits per heavy atom. The molecule has 1 aliphatic rings. The number of hydrogen-bond donors (Lipinski definition) is 2. The number of aromatic nitrogens is 2. The molecule has 204 valence electrons. The van der Waals surface area contributed by atoms with Crippen LogP contribution >= 0.6 is 23.1 Å². The first-order chi connectivity index (χ1) is 18.9. The summed E-state index contributed by atoms with van der Waals surface area (Å²) in [6, 6.07) is 23.7. The Labute approximate surface area is 236 Å². The average molecular weight is 584 g/mol. The van der Waals surface area contributed by atoms with Crippen LogP contribution in [-0.4, -0.2) is 35.6 Å². The fourth-order valence-corrected chi connectivity index (χ4v) is 7.08. The molecule has 3 aromatic carbocycles. The summed E-state index contributed by atoms with van der Waals surface area (Å²) in [4.78, 5) is 0.233. The summed E-state index contributed by atoms with van der Waals surface area (Å²) in [5.74, 6) is 0.707. The van der Waals surface area contributed by atoms with Gasteiger partial charge in [-0.2, -0.15) is 0 Å². The van der Waals surface area contributed by atoms with E-state index in [9.17, 15) is 13.5 Å². The fraction of sp³-hybridized carbons (Fsp3) is 0.286. The van der Waals surface area contributed by atoms with E-state index in [0.29, 0.717) is 12.2 Å². The normalized spacial score (nSPS) is 19.7. The molecule has 1 saturated heterocycles. The first-order valence-electron chi connectivity index (χ1n) is 12.5. The Bertz CT molecular complexity index is 1460. The molecule has 0 amide bonds. The molecule has 0 bridgehead atoms. The Kier molecular flexibility index (Phi) is 9.08. The Morgan fingerprint density at radius 3 is 2.31 bits per heavy atom. The number of aliphatic hydroxyl groups is 1. The van der Waals surface area contributed by atoms with Crippen LogP contribution < -0.4 is 4.72 Å². The maximum atomic E-state index is 12.6. The minimum absolute atomic E-state index is 0.00801. The molecule has 0 aliphatic carbocycles. The van der Waals surface area contributed by atoms with Crippen molar-refractivity contribution in [3.63, 3.8) is 0 Å². The molecule has 3 unspecified atom stereocenters. The average Bonchev–Trinajstić information content (AvgIpc) is 3.40. The lowest BCUT2D eigenvalue weighted by molar-refractivity contribution is -0.245. The predicted octanol–water partition coefficient (Wildman–Crippen LogP) is 5.16. The van der Waals surface area contributed by atoms with Crippen LogP contribution in [0.2, 0.25) is 0 Å². The highest BCUT2D eigenvalue weighted by molar-refractivity contribution is 8.01. The topological polar surface area (TPSA) is 111 Å². The predicted molar refractivity (Wildman–Crippen MR) is 151 cm³/mol. The summed E-state index contributed by atoms with van der Waals surface area (Å²) >= 11 is 3.19. The Balaban J connectivity index is 1.28. The molecule has 11 heteroatoms. The van der Waals surface area contributed by atoms with Gasteiger partial charge < -0.3 is 14.6 Å². The maximum absolute atomic E-state index is 12.6. The Hall–Kier alpha value is -2.64. The number of nitrogens with zero attached hydrogens (tertiary/aromatic N) is 2. The SMILES string of the molecule is Cc1nnc(SCC2CC(c3ccc(CO)cc3)OC(c3ccc(CNS(=O)(=O)c4ccccc4)cc3)O2)s1. The van der Waals surface area contributed by atoms with Crippen LogP contribution in [0.5, 0.6) is 0 Å². The highest BCUT2D eigenvalue weighted by atomic mass is 32.2. The molecular formula is C28H29N3O5S3. The number of rotatable bonds is 10. The van der Waals surface area contributed by atoms with E-state index >= 15 is 0 Å². The number of ether oxygens (including phenoxy) is 2. The lowest BCUT2D eigenvalue weighted by Crippen LogP contribution is -2.31. The largest absolute Gasteiger partial charge is 0.392 e. The standard InChI is InChI=1S/C28H29N3O5S3/c1-19-30-31-28(38-19)37-18-24-15-26(22-11-9-21(17-32)10-12-22)36-27(35-24)23-13-7-20(8-14-23)16-29-39(33,34)25-5-3-2-4-6-25/h2-14,24,26-27,29,32H,15-18H2,1H3. The molecule has 1 aromatic heterocycles. The third-order valence-corrected chi connectivity index (χ3v) is 9.81. The molecule has 39 heavy (non-hydrogen) atoms. The zero-order valence-corrected chi connectivity index (χ0v) is 23.7. The quantitative estimate of drug-likeness (QED) is 0.247. The van der Waals surface area contributed by atoms with E-state index in [1.54, 1.807) is 53.4 Å². The molecule has 3 atom stereocenters. The second-order valence-electron chi connectivity index (χ2n) is 9.13. The van der Waals surface area contributed by atoms with Gasteiger partial charge in [0.25, 0.3) is 0 Å². The van der Waals surface area contributed by atoms with Crippen LogP contribution in [0.4, 0.5) is 0 Å². The van der Waals surface area contributed by atoms with E-state index in [0.717, 1.165) is 31.6 Å². The van der Waals surface area contributed by atoms with Crippen molar-refractivity contribution in [2.75, 3.05) is 5.75 Å². The second-order valence-corrected chi connectivity index (χ2v) is 13.3. The number of sulfonamides is 1. The molecule has 4 aromatic rings. The smallest absolute Gasteiger partial charge is 0.240 e. The second kappa shape index (κ2) is 12.7. The highest BCUT2D eigenvalue weighted by Crippen LogP contribution is 2.39. The van der Waals surface area contributed by atoms with Gasteiger partial charge in [0.05, 0.1) is 23.7 Å². The Morgan fingerprint density at radius 2 is 1.64 bits per heavy atom. The van der Waals surface area contributed by atoms with Gasteiger partial charge in [-0.1, -0.05) is 89.8 Å². The van der Waals surface area contributed by atoms with Crippen molar-refractivity contribution in [1.82, 2.24) is 14.9 Å². The van der Waals surface area contributed by atoms with Gasteiger partial charge in [0.2, 0.25) is 10.0 Å². The van der Waals surface area contributed by atoms with E-state index in [1.165, 1.54) is 0 Å². The van der Waals surface area contributed by atoms with Crippen LogP contribution in [0.15, 0.2) is 88.1 Å². The minimum atomic E-state index is -3.59. The van der Waals surface area contributed by atoms with E-state index in [4.69, 9.17) is 9.47 Å². The first kappa shape index (κ1) is 27.9. The van der Waals surface area contributed by atoms with Gasteiger partial charge in [-0.3, -0.25) is 0 Å². The summed E-state index contributed by atoms with van der Waals surface area (Å²) < 4.78 is 41.4. The lowest BCUT2D eigenvalue weighted by atomic mass is 10.0. The van der Waals surface area contributed by atoms with Crippen LogP contribution in [0.3, 0.4) is 0 Å². The highest BCUT2D eigenvalue weighted by Gasteiger charge is 2.32. The molecule has 1 fully saturated rings. The van der Waals surface area contributed by atoms with Crippen molar-refractivity contribution in [3.05, 3.63) is 106 Å². The molecule has 8 nitrogen and oxygen atoms in total. The molecule has 0 saturated carbocycles. The minimum Gasteiger partial charge on any atom is -0.392 e. The van der Waals surface area contributed by atoms with Gasteiger partial charge in [0.1, 0.15) is 5.01 Å². The monoisotopic (exact) mass is 583 g/mol. The maximum Gasteiger partial charge on any atom is 0.240 e. The van der Waals surface area contributed by atoms with Crippen LogP contribution in [0.25, 0.3) is 0 Å². The third kappa shape index (κ3) is 7.31. The van der Waals surface area contributed by atoms with Crippen molar-refractivity contribution in [1.29, 1.82) is 0 Å². The number of hydrogen-bond acceptors (Lipinski definition) is 9. The van der Waals surface area contributed by atoms with E-state index in [2.05, 4.69) is 14.9 Å². The zero-order chi connectivity index (χ0) is 27.2. The van der Waals surface area contributed by atoms with Crippen LogP contribution in [0, 0.1) is 6.92 Å². The summed E-state index contributed by atoms with van der Waals surface area (Å²) in [5.41, 5.74) is 3.54. The number of thioether (sulfide) groups is 1. The summed E-state index contributed by atoms with van der Waals surface area (Å²) in [5, 5.41) is 18.6. The van der Waals surface area contributed by atoms with E-state index in [-0.39, 0.29) is 30.3 Å². The molecule has 5 rings (SSSR count). The molecule has 2 heterocycles. The molecule has 0 radical (unpaired) electrons. The molecular weight excluding hydrogens is 555 g/mol. The molecule has 0 spiro atoms. The molecule has 2 N–H and O–H groups in total. The van der Waals surface area contributed by atoms with Gasteiger partial charge in [-0.25, -0.2) is 13.1 Å². The lowest BCUT2D eigenvalue weighted by Gasteiger charge is -2.36. The summed E-state index contributed by atoms with van der Waals surface area (Å²) in [7, 11) is -3.59. The number of benzene rings is 3. The van der Waals surface area contributed by atoms with Crippen molar-refractivity contribution in [3.8, 4) is 0 Å². The van der Waals surface area contributed by atoms with Gasteiger partial charge in [-0.05, 0) is 35.7 Å². The van der Waals surface area contributed by atoms with Crippen LogP contribution in [-0.2, 0) is 32.6 Å². The van der Waals surface area contributed by atoms with Gasteiger partial charge >= 0.3 is 0 Å². The third-order valence-electron chi connectivity index (χ3n) is 6.29. The summed E-state index contributed by atoms with van der Waals surface area (Å²) in [6.45, 7) is 2.10. The van der Waals surface area contributed by atoms with E-state index < -0.39 is 16.3 Å². The van der Waals surface area contributed by atoms with E-state index in [1.807, 2.05) is 55.5 Å². The van der Waals surface area contributed by atoms with Crippen molar-refractivity contribution >= 4 is 33.1 Å². The van der Waals surface area contributed by atoms with Crippen molar-refractivity contribution in [2.24, 2.45) is 0 Å². The van der Waals surface area contributed by atoms with Crippen LogP contribution in [0.1, 0.15) is 46.1 Å². The zero-order valence-electron chi connectivity index (χ0n) is 21.3.